The molecule has 134 valence electrons. The number of rotatable bonds is 4. The maximum Gasteiger partial charge on any atom is 0.357 e. The number of hydrogen-bond acceptors (Lipinski definition) is 5. The highest BCUT2D eigenvalue weighted by molar-refractivity contribution is 7.54. The van der Waals surface area contributed by atoms with Crippen LogP contribution in [0.3, 0.4) is 0 Å². The molecule has 0 aliphatic carbocycles. The van der Waals surface area contributed by atoms with Gasteiger partial charge in [-0.3, -0.25) is 4.57 Å². The van der Waals surface area contributed by atoms with E-state index in [1.807, 2.05) is 19.9 Å². The molecule has 0 bridgehead atoms. The van der Waals surface area contributed by atoms with E-state index in [9.17, 15) is 9.67 Å². The number of phenolic OH excluding ortho intramolecular Hbond substituents is 1. The van der Waals surface area contributed by atoms with E-state index in [1.165, 1.54) is 0 Å². The molecule has 1 heterocycles. The zero-order valence-corrected chi connectivity index (χ0v) is 15.8. The van der Waals surface area contributed by atoms with Crippen LogP contribution in [0.4, 0.5) is 5.69 Å². The maximum absolute atomic E-state index is 13.4. The topological polar surface area (TPSA) is 67.8 Å². The summed E-state index contributed by atoms with van der Waals surface area (Å²) in [5.74, 6) is -0.571. The summed E-state index contributed by atoms with van der Waals surface area (Å²) in [7, 11) is -3.46. The standard InChI is InChI=1S/C18H21ClNO4P/c1-18(2)11-23-25(22,24-12-18)17(13-6-8-16(21)9-7-13)20-15-5-3-4-14(19)10-15/h3-10,17,20-21H,11-12H2,1-2H3/t17-/m1/s1. The predicted molar refractivity (Wildman–Crippen MR) is 99.2 cm³/mol. The van der Waals surface area contributed by atoms with Crippen molar-refractivity contribution in [2.24, 2.45) is 5.41 Å². The number of nitrogens with one attached hydrogen (secondary N) is 1. The Morgan fingerprint density at radius 1 is 1.16 bits per heavy atom. The average molecular weight is 382 g/mol. The van der Waals surface area contributed by atoms with Crippen molar-refractivity contribution >= 4 is 24.9 Å². The summed E-state index contributed by atoms with van der Waals surface area (Å²) in [5, 5.41) is 13.3. The number of benzene rings is 2. The van der Waals surface area contributed by atoms with Crippen LogP contribution in [-0.4, -0.2) is 18.3 Å². The first-order valence-corrected chi connectivity index (χ1v) is 9.96. The van der Waals surface area contributed by atoms with Gasteiger partial charge in [-0.1, -0.05) is 43.6 Å². The van der Waals surface area contributed by atoms with E-state index in [0.29, 0.717) is 29.5 Å². The lowest BCUT2D eigenvalue weighted by molar-refractivity contribution is 0.0387. The van der Waals surface area contributed by atoms with E-state index in [1.54, 1.807) is 42.5 Å². The van der Waals surface area contributed by atoms with Crippen molar-refractivity contribution < 1.29 is 18.7 Å². The Morgan fingerprint density at radius 3 is 2.40 bits per heavy atom. The molecule has 0 unspecified atom stereocenters. The van der Waals surface area contributed by atoms with Gasteiger partial charge in [0, 0.05) is 16.1 Å². The smallest absolute Gasteiger partial charge is 0.357 e. The highest BCUT2D eigenvalue weighted by Gasteiger charge is 2.43. The molecule has 0 amide bonds. The summed E-state index contributed by atoms with van der Waals surface area (Å²) < 4.78 is 24.8. The molecular weight excluding hydrogens is 361 g/mol. The molecule has 1 atom stereocenters. The van der Waals surface area contributed by atoms with Gasteiger partial charge < -0.3 is 19.5 Å². The molecule has 0 aromatic heterocycles. The third-order valence-electron chi connectivity index (χ3n) is 3.92. The van der Waals surface area contributed by atoms with Crippen molar-refractivity contribution in [1.82, 2.24) is 0 Å². The molecule has 0 radical (unpaired) electrons. The van der Waals surface area contributed by atoms with Crippen molar-refractivity contribution in [3.8, 4) is 5.75 Å². The van der Waals surface area contributed by atoms with Gasteiger partial charge in [-0.25, -0.2) is 0 Å². The van der Waals surface area contributed by atoms with E-state index in [-0.39, 0.29) is 11.2 Å². The Morgan fingerprint density at radius 2 is 1.80 bits per heavy atom. The van der Waals surface area contributed by atoms with Crippen LogP contribution in [0.25, 0.3) is 0 Å². The minimum absolute atomic E-state index is 0.134. The normalized spacial score (nSPS) is 20.0. The molecule has 0 saturated carbocycles. The molecule has 2 aromatic carbocycles. The van der Waals surface area contributed by atoms with Crippen LogP contribution in [0.1, 0.15) is 25.2 Å². The fraction of sp³-hybridized carbons (Fsp3) is 0.333. The van der Waals surface area contributed by atoms with Crippen molar-refractivity contribution in [2.45, 2.75) is 19.6 Å². The van der Waals surface area contributed by atoms with Gasteiger partial charge >= 0.3 is 7.60 Å². The molecule has 1 aliphatic rings. The van der Waals surface area contributed by atoms with Crippen LogP contribution < -0.4 is 5.32 Å². The van der Waals surface area contributed by atoms with Crippen molar-refractivity contribution in [3.63, 3.8) is 0 Å². The van der Waals surface area contributed by atoms with Gasteiger partial charge in [-0.15, -0.1) is 0 Å². The lowest BCUT2D eigenvalue weighted by Crippen LogP contribution is -2.31. The molecule has 3 rings (SSSR count). The second kappa shape index (κ2) is 7.00. The lowest BCUT2D eigenvalue weighted by Gasteiger charge is -2.38. The highest BCUT2D eigenvalue weighted by atomic mass is 35.5. The number of halogens is 1. The SMILES string of the molecule is CC1(C)COP(=O)([C@@H](Nc2cccc(Cl)c2)c2ccc(O)cc2)OC1. The van der Waals surface area contributed by atoms with Crippen LogP contribution in [0.15, 0.2) is 48.5 Å². The van der Waals surface area contributed by atoms with E-state index >= 15 is 0 Å². The van der Waals surface area contributed by atoms with Crippen molar-refractivity contribution in [1.29, 1.82) is 0 Å². The maximum atomic E-state index is 13.4. The highest BCUT2D eigenvalue weighted by Crippen LogP contribution is 2.64. The quantitative estimate of drug-likeness (QED) is 0.692. The summed E-state index contributed by atoms with van der Waals surface area (Å²) in [6, 6.07) is 13.6. The first kappa shape index (κ1) is 18.3. The summed E-state index contributed by atoms with van der Waals surface area (Å²) in [4.78, 5) is 0. The first-order valence-electron chi connectivity index (χ1n) is 7.97. The Bertz CT molecular complexity index is 780. The van der Waals surface area contributed by atoms with Crippen LogP contribution in [-0.2, 0) is 13.6 Å². The van der Waals surface area contributed by atoms with Crippen LogP contribution in [0.5, 0.6) is 5.75 Å². The minimum Gasteiger partial charge on any atom is -0.508 e. The summed E-state index contributed by atoms with van der Waals surface area (Å²) in [5.41, 5.74) is 1.21. The molecule has 25 heavy (non-hydrogen) atoms. The molecule has 7 heteroatoms. The molecule has 5 nitrogen and oxygen atoms in total. The Balaban J connectivity index is 1.94. The van der Waals surface area contributed by atoms with E-state index in [4.69, 9.17) is 20.6 Å². The third kappa shape index (κ3) is 4.36. The molecule has 1 aliphatic heterocycles. The van der Waals surface area contributed by atoms with Gasteiger partial charge in [0.1, 0.15) is 5.75 Å². The van der Waals surface area contributed by atoms with Crippen LogP contribution >= 0.6 is 19.2 Å². The predicted octanol–water partition coefficient (Wildman–Crippen LogP) is 5.42. The monoisotopic (exact) mass is 381 g/mol. The molecule has 2 aromatic rings. The molecular formula is C18H21ClNO4P. The largest absolute Gasteiger partial charge is 0.508 e. The first-order chi connectivity index (χ1) is 11.8. The second-order valence-electron chi connectivity index (χ2n) is 6.90. The third-order valence-corrected chi connectivity index (χ3v) is 6.20. The Hall–Kier alpha value is -1.52. The van der Waals surface area contributed by atoms with Gasteiger partial charge in [-0.05, 0) is 35.9 Å². The number of aromatic hydroxyl groups is 1. The fourth-order valence-corrected chi connectivity index (χ4v) is 4.96. The molecule has 1 saturated heterocycles. The van der Waals surface area contributed by atoms with Crippen molar-refractivity contribution in [2.75, 3.05) is 18.5 Å². The Kier molecular flexibility index (Phi) is 5.12. The number of phenols is 1. The minimum atomic E-state index is -3.46. The fourth-order valence-electron chi connectivity index (χ4n) is 2.50. The summed E-state index contributed by atoms with van der Waals surface area (Å²) in [6.45, 7) is 4.68. The zero-order valence-electron chi connectivity index (χ0n) is 14.1. The van der Waals surface area contributed by atoms with Gasteiger partial charge in [0.25, 0.3) is 0 Å². The van der Waals surface area contributed by atoms with Gasteiger partial charge in [0.2, 0.25) is 0 Å². The number of hydrogen-bond donors (Lipinski definition) is 2. The van der Waals surface area contributed by atoms with Gasteiger partial charge in [0.15, 0.2) is 5.78 Å². The summed E-state index contributed by atoms with van der Waals surface area (Å²) in [6.07, 6.45) is 0. The van der Waals surface area contributed by atoms with Gasteiger partial charge in [-0.2, -0.15) is 0 Å². The van der Waals surface area contributed by atoms with E-state index < -0.39 is 13.4 Å². The lowest BCUT2D eigenvalue weighted by atomic mass is 9.97. The summed E-state index contributed by atoms with van der Waals surface area (Å²) >= 11 is 6.05. The Labute approximate surface area is 152 Å². The molecule has 0 spiro atoms. The molecule has 2 N–H and O–H groups in total. The van der Waals surface area contributed by atoms with Gasteiger partial charge in [0.05, 0.1) is 13.2 Å². The van der Waals surface area contributed by atoms with E-state index in [0.717, 1.165) is 0 Å². The van der Waals surface area contributed by atoms with E-state index in [2.05, 4.69) is 5.32 Å². The number of anilines is 1. The molecule has 1 fully saturated rings. The zero-order chi connectivity index (χ0) is 18.1. The second-order valence-corrected chi connectivity index (χ2v) is 9.45. The average Bonchev–Trinajstić information content (AvgIpc) is 2.57. The van der Waals surface area contributed by atoms with Crippen LogP contribution in [0.2, 0.25) is 5.02 Å². The van der Waals surface area contributed by atoms with Crippen molar-refractivity contribution in [3.05, 3.63) is 59.1 Å². The van der Waals surface area contributed by atoms with Crippen LogP contribution in [0, 0.1) is 5.41 Å².